The minimum absolute atomic E-state index is 0.536. The number of benzene rings is 1. The van der Waals surface area contributed by atoms with Gasteiger partial charge in [-0.25, -0.2) is 9.97 Å². The highest BCUT2D eigenvalue weighted by Gasteiger charge is 2.17. The van der Waals surface area contributed by atoms with Gasteiger partial charge in [0.25, 0.3) is 0 Å². The van der Waals surface area contributed by atoms with Gasteiger partial charge in [0.1, 0.15) is 17.4 Å². The van der Waals surface area contributed by atoms with Crippen LogP contribution in [0.25, 0.3) is 22.1 Å². The van der Waals surface area contributed by atoms with E-state index in [-0.39, 0.29) is 0 Å². The molecule has 2 aromatic heterocycles. The van der Waals surface area contributed by atoms with Crippen molar-refractivity contribution in [2.75, 3.05) is 5.43 Å². The van der Waals surface area contributed by atoms with Gasteiger partial charge in [0.15, 0.2) is 11.4 Å². The molecule has 1 aliphatic rings. The Morgan fingerprint density at radius 1 is 1.23 bits per heavy atom. The monoisotopic (exact) mass is 294 g/mol. The third-order valence-electron chi connectivity index (χ3n) is 4.35. The molecule has 0 aliphatic heterocycles. The summed E-state index contributed by atoms with van der Waals surface area (Å²) in [5.41, 5.74) is 6.62. The van der Waals surface area contributed by atoms with Crippen LogP contribution in [0.4, 0.5) is 5.82 Å². The summed E-state index contributed by atoms with van der Waals surface area (Å²) in [4.78, 5) is 8.63. The van der Waals surface area contributed by atoms with Gasteiger partial charge in [-0.3, -0.25) is 5.43 Å². The average Bonchev–Trinajstić information content (AvgIpc) is 2.93. The zero-order chi connectivity index (χ0) is 14.9. The number of nitrogens with zero attached hydrogens (tertiary/aromatic N) is 3. The molecule has 22 heavy (non-hydrogen) atoms. The molecule has 1 aliphatic carbocycles. The molecule has 5 heteroatoms. The Hall–Kier alpha value is -2.43. The third-order valence-corrected chi connectivity index (χ3v) is 4.35. The molecule has 0 spiro atoms. The number of hydrazone groups is 1. The van der Waals surface area contributed by atoms with E-state index in [2.05, 4.69) is 27.4 Å². The second-order valence-corrected chi connectivity index (χ2v) is 5.86. The lowest BCUT2D eigenvalue weighted by atomic mass is 9.89. The van der Waals surface area contributed by atoms with Crippen molar-refractivity contribution in [2.24, 2.45) is 11.0 Å². The molecule has 1 saturated carbocycles. The highest BCUT2D eigenvalue weighted by atomic mass is 16.3. The first-order valence-corrected chi connectivity index (χ1v) is 7.77. The van der Waals surface area contributed by atoms with Gasteiger partial charge in [-0.05, 0) is 37.3 Å². The maximum Gasteiger partial charge on any atom is 0.197 e. The first-order chi connectivity index (χ1) is 10.8. The van der Waals surface area contributed by atoms with Crippen LogP contribution in [0.15, 0.2) is 40.1 Å². The van der Waals surface area contributed by atoms with Crippen molar-refractivity contribution < 1.29 is 4.42 Å². The van der Waals surface area contributed by atoms with Crippen molar-refractivity contribution in [3.63, 3.8) is 0 Å². The van der Waals surface area contributed by atoms with E-state index in [0.717, 1.165) is 22.9 Å². The van der Waals surface area contributed by atoms with Crippen molar-refractivity contribution >= 4 is 33.6 Å². The Kier molecular flexibility index (Phi) is 3.25. The second-order valence-electron chi connectivity index (χ2n) is 5.86. The van der Waals surface area contributed by atoms with E-state index in [1.165, 1.54) is 25.0 Å². The molecule has 2 heterocycles. The van der Waals surface area contributed by atoms with Crippen LogP contribution in [0.1, 0.15) is 32.6 Å². The number of hydrogen-bond donors (Lipinski definition) is 1. The molecule has 1 fully saturated rings. The Morgan fingerprint density at radius 3 is 3.05 bits per heavy atom. The third kappa shape index (κ3) is 2.22. The second kappa shape index (κ2) is 5.40. The lowest BCUT2D eigenvalue weighted by Gasteiger charge is -2.19. The molecule has 4 rings (SSSR count). The van der Waals surface area contributed by atoms with E-state index in [0.29, 0.717) is 17.3 Å². The maximum absolute atomic E-state index is 5.89. The zero-order valence-electron chi connectivity index (χ0n) is 12.5. The van der Waals surface area contributed by atoms with E-state index in [9.17, 15) is 0 Å². The summed E-state index contributed by atoms with van der Waals surface area (Å²) in [7, 11) is 0. The number of para-hydroxylation sites is 1. The molecular formula is C17H18N4O. The summed E-state index contributed by atoms with van der Waals surface area (Å²) in [6, 6.07) is 7.88. The normalized spacial score (nSPS) is 20.8. The highest BCUT2D eigenvalue weighted by molar-refractivity contribution is 6.05. The van der Waals surface area contributed by atoms with Gasteiger partial charge in [-0.15, -0.1) is 0 Å². The van der Waals surface area contributed by atoms with Crippen molar-refractivity contribution in [3.05, 3.63) is 30.6 Å². The largest absolute Gasteiger partial charge is 0.450 e. The fourth-order valence-corrected chi connectivity index (χ4v) is 3.06. The summed E-state index contributed by atoms with van der Waals surface area (Å²) in [5.74, 6) is 1.17. The summed E-state index contributed by atoms with van der Waals surface area (Å²) in [6.07, 6.45) is 6.33. The number of rotatable bonds is 2. The van der Waals surface area contributed by atoms with Gasteiger partial charge in [0, 0.05) is 11.1 Å². The van der Waals surface area contributed by atoms with Crippen LogP contribution in [0, 0.1) is 5.92 Å². The first kappa shape index (κ1) is 13.2. The lowest BCUT2D eigenvalue weighted by Crippen LogP contribution is -2.17. The van der Waals surface area contributed by atoms with Gasteiger partial charge < -0.3 is 4.42 Å². The van der Waals surface area contributed by atoms with E-state index < -0.39 is 0 Å². The number of furan rings is 1. The maximum atomic E-state index is 5.89. The summed E-state index contributed by atoms with van der Waals surface area (Å²) in [5, 5.41) is 5.57. The molecule has 5 nitrogen and oxygen atoms in total. The number of hydrogen-bond acceptors (Lipinski definition) is 5. The molecule has 1 atom stereocenters. The molecular weight excluding hydrogens is 276 g/mol. The first-order valence-electron chi connectivity index (χ1n) is 7.77. The van der Waals surface area contributed by atoms with Crippen molar-refractivity contribution in [1.29, 1.82) is 0 Å². The predicted molar refractivity (Wildman–Crippen MR) is 88.0 cm³/mol. The van der Waals surface area contributed by atoms with E-state index >= 15 is 0 Å². The Labute approximate surface area is 128 Å². The predicted octanol–water partition coefficient (Wildman–Crippen LogP) is 4.35. The Bertz CT molecular complexity index is 852. The van der Waals surface area contributed by atoms with Crippen LogP contribution in [-0.4, -0.2) is 15.7 Å². The molecule has 112 valence electrons. The molecule has 0 radical (unpaired) electrons. The van der Waals surface area contributed by atoms with Crippen LogP contribution in [0.3, 0.4) is 0 Å². The fourth-order valence-electron chi connectivity index (χ4n) is 3.06. The van der Waals surface area contributed by atoms with Gasteiger partial charge in [-0.1, -0.05) is 25.5 Å². The van der Waals surface area contributed by atoms with Crippen molar-refractivity contribution in [2.45, 2.75) is 32.6 Å². The minimum Gasteiger partial charge on any atom is -0.450 e. The van der Waals surface area contributed by atoms with Crippen LogP contribution in [0.5, 0.6) is 0 Å². The van der Waals surface area contributed by atoms with E-state index in [1.54, 1.807) is 6.33 Å². The van der Waals surface area contributed by atoms with Gasteiger partial charge in [0.05, 0.1) is 0 Å². The fraction of sp³-hybridized carbons (Fsp3) is 0.353. The minimum atomic E-state index is 0.536. The van der Waals surface area contributed by atoms with Crippen molar-refractivity contribution in [3.8, 4) is 0 Å². The molecule has 3 aromatic rings. The molecule has 1 aromatic carbocycles. The zero-order valence-corrected chi connectivity index (χ0v) is 12.5. The SMILES string of the molecule is C[C@@H]1CCCCC1=NNc1ncnc2c1oc1ccccc12. The number of anilines is 1. The smallest absolute Gasteiger partial charge is 0.197 e. The van der Waals surface area contributed by atoms with Crippen molar-refractivity contribution in [1.82, 2.24) is 9.97 Å². The van der Waals surface area contributed by atoms with E-state index in [4.69, 9.17) is 4.42 Å². The van der Waals surface area contributed by atoms with Gasteiger partial charge >= 0.3 is 0 Å². The molecule has 0 amide bonds. The average molecular weight is 294 g/mol. The lowest BCUT2D eigenvalue weighted by molar-refractivity contribution is 0.558. The Balaban J connectivity index is 1.74. The molecule has 1 N–H and O–H groups in total. The van der Waals surface area contributed by atoms with Crippen LogP contribution >= 0.6 is 0 Å². The van der Waals surface area contributed by atoms with E-state index in [1.807, 2.05) is 24.3 Å². The summed E-state index contributed by atoms with van der Waals surface area (Å²) < 4.78 is 5.89. The number of aromatic nitrogens is 2. The van der Waals surface area contributed by atoms with Gasteiger partial charge in [0.2, 0.25) is 0 Å². The molecule has 0 saturated heterocycles. The topological polar surface area (TPSA) is 63.3 Å². The highest BCUT2D eigenvalue weighted by Crippen LogP contribution is 2.30. The number of fused-ring (bicyclic) bond motifs is 3. The molecule has 0 bridgehead atoms. The van der Waals surface area contributed by atoms with Crippen LogP contribution in [0.2, 0.25) is 0 Å². The Morgan fingerprint density at radius 2 is 2.14 bits per heavy atom. The standard InChI is InChI=1S/C17H18N4O/c1-11-6-2-4-8-13(11)20-21-17-16-15(18-10-19-17)12-7-3-5-9-14(12)22-16/h3,5,7,9-11H,2,4,6,8H2,1H3,(H,18,19,21)/t11-/m1/s1. The number of nitrogens with one attached hydrogen (secondary N) is 1. The summed E-state index contributed by atoms with van der Waals surface area (Å²) >= 11 is 0. The van der Waals surface area contributed by atoms with Gasteiger partial charge in [-0.2, -0.15) is 5.10 Å². The molecule has 0 unspecified atom stereocenters. The van der Waals surface area contributed by atoms with Crippen LogP contribution in [-0.2, 0) is 0 Å². The van der Waals surface area contributed by atoms with Crippen LogP contribution < -0.4 is 5.43 Å². The summed E-state index contributed by atoms with van der Waals surface area (Å²) in [6.45, 7) is 2.23. The quantitative estimate of drug-likeness (QED) is 0.713.